The third-order valence-electron chi connectivity index (χ3n) is 3.23. The molecule has 1 aliphatic rings. The number of carbonyl (C=O) groups excluding carboxylic acids is 1. The Balaban J connectivity index is 2.37. The fourth-order valence-electron chi connectivity index (χ4n) is 2.55. The number of nitrogens with one attached hydrogen (secondary N) is 2. The van der Waals surface area contributed by atoms with Gasteiger partial charge in [0.25, 0.3) is 0 Å². The average molecular weight is 242 g/mol. The van der Waals surface area contributed by atoms with E-state index in [1.807, 2.05) is 0 Å². The van der Waals surface area contributed by atoms with Crippen molar-refractivity contribution in [1.82, 2.24) is 10.6 Å². The Hall–Kier alpha value is -1.26. The van der Waals surface area contributed by atoms with E-state index in [1.165, 1.54) is 13.3 Å². The van der Waals surface area contributed by atoms with Gasteiger partial charge in [0.05, 0.1) is 0 Å². The van der Waals surface area contributed by atoms with Gasteiger partial charge in [-0.25, -0.2) is 4.79 Å². The van der Waals surface area contributed by atoms with Gasteiger partial charge in [-0.2, -0.15) is 0 Å². The Bertz CT molecular complexity index is 283. The molecule has 0 saturated heterocycles. The predicted octanol–water partition coefficient (Wildman–Crippen LogP) is 1.58. The summed E-state index contributed by atoms with van der Waals surface area (Å²) in [6, 6.07) is -1.07. The quantitative estimate of drug-likeness (QED) is 0.703. The minimum atomic E-state index is -1.02. The Morgan fingerprint density at radius 3 is 2.18 bits per heavy atom. The van der Waals surface area contributed by atoms with Crippen molar-refractivity contribution in [2.75, 3.05) is 0 Å². The maximum atomic E-state index is 11.6. The number of carboxylic acids is 1. The first-order valence-corrected chi connectivity index (χ1v) is 6.18. The second-order valence-electron chi connectivity index (χ2n) is 5.29. The molecule has 2 unspecified atom stereocenters. The first-order chi connectivity index (χ1) is 7.88. The van der Waals surface area contributed by atoms with Crippen molar-refractivity contribution in [2.24, 2.45) is 11.8 Å². The third-order valence-corrected chi connectivity index (χ3v) is 3.23. The smallest absolute Gasteiger partial charge is 0.325 e. The van der Waals surface area contributed by atoms with Gasteiger partial charge in [0.2, 0.25) is 0 Å². The van der Waals surface area contributed by atoms with Crippen molar-refractivity contribution in [3.63, 3.8) is 0 Å². The maximum Gasteiger partial charge on any atom is 0.325 e. The van der Waals surface area contributed by atoms with E-state index >= 15 is 0 Å². The molecule has 3 N–H and O–H groups in total. The Morgan fingerprint density at radius 1 is 1.18 bits per heavy atom. The highest BCUT2D eigenvalue weighted by Crippen LogP contribution is 2.28. The summed E-state index contributed by atoms with van der Waals surface area (Å²) in [5.74, 6) is 0.201. The molecule has 5 heteroatoms. The van der Waals surface area contributed by atoms with Crippen LogP contribution in [0, 0.1) is 11.8 Å². The number of carboxylic acid groups (broad SMARTS) is 1. The van der Waals surface area contributed by atoms with Gasteiger partial charge in [-0.05, 0) is 38.0 Å². The first kappa shape index (κ1) is 13.8. The Morgan fingerprint density at radius 2 is 1.71 bits per heavy atom. The molecular weight excluding hydrogens is 220 g/mol. The number of hydrogen-bond donors (Lipinski definition) is 3. The van der Waals surface area contributed by atoms with Crippen molar-refractivity contribution >= 4 is 12.0 Å². The summed E-state index contributed by atoms with van der Waals surface area (Å²) in [6.07, 6.45) is 3.14. The summed E-state index contributed by atoms with van der Waals surface area (Å²) in [6.45, 7) is 5.82. The number of aliphatic carboxylic acids is 1. The molecule has 0 spiro atoms. The second kappa shape index (κ2) is 5.89. The molecular formula is C12H22N2O3. The van der Waals surface area contributed by atoms with E-state index in [1.54, 1.807) is 0 Å². The van der Waals surface area contributed by atoms with E-state index in [0.29, 0.717) is 11.8 Å². The molecule has 2 amide bonds. The highest BCUT2D eigenvalue weighted by molar-refractivity contribution is 5.82. The van der Waals surface area contributed by atoms with Crippen molar-refractivity contribution in [3.05, 3.63) is 0 Å². The lowest BCUT2D eigenvalue weighted by atomic mass is 9.80. The topological polar surface area (TPSA) is 78.4 Å². The van der Waals surface area contributed by atoms with Crippen LogP contribution in [-0.4, -0.2) is 29.2 Å². The lowest BCUT2D eigenvalue weighted by molar-refractivity contribution is -0.138. The van der Waals surface area contributed by atoms with Crippen molar-refractivity contribution in [1.29, 1.82) is 0 Å². The SMILES string of the molecule is CC1CC(C)CC(NC(=O)N[C@@H](C)C(=O)O)C1. The van der Waals surface area contributed by atoms with E-state index in [-0.39, 0.29) is 12.1 Å². The van der Waals surface area contributed by atoms with Crippen LogP contribution in [0.2, 0.25) is 0 Å². The largest absolute Gasteiger partial charge is 0.480 e. The molecule has 1 fully saturated rings. The van der Waals surface area contributed by atoms with Crippen LogP contribution < -0.4 is 10.6 Å². The standard InChI is InChI=1S/C12H22N2O3/c1-7-4-8(2)6-10(5-7)14-12(17)13-9(3)11(15)16/h7-10H,4-6H2,1-3H3,(H,15,16)(H2,13,14,17)/t7?,8?,9-,10?/m0/s1. The molecule has 0 radical (unpaired) electrons. The zero-order chi connectivity index (χ0) is 13.0. The van der Waals surface area contributed by atoms with Gasteiger partial charge in [0.1, 0.15) is 6.04 Å². The average Bonchev–Trinajstić information content (AvgIpc) is 2.14. The predicted molar refractivity (Wildman–Crippen MR) is 64.7 cm³/mol. The van der Waals surface area contributed by atoms with Crippen LogP contribution >= 0.6 is 0 Å². The molecule has 98 valence electrons. The summed E-state index contributed by atoms with van der Waals surface area (Å²) in [5.41, 5.74) is 0. The van der Waals surface area contributed by atoms with Crippen LogP contribution in [0.25, 0.3) is 0 Å². The highest BCUT2D eigenvalue weighted by atomic mass is 16.4. The third kappa shape index (κ3) is 4.63. The molecule has 1 saturated carbocycles. The van der Waals surface area contributed by atoms with Crippen LogP contribution in [0.5, 0.6) is 0 Å². The van der Waals surface area contributed by atoms with Crippen LogP contribution in [0.4, 0.5) is 4.79 Å². The van der Waals surface area contributed by atoms with Gasteiger partial charge < -0.3 is 15.7 Å². The molecule has 0 bridgehead atoms. The Kier molecular flexibility index (Phi) is 4.78. The molecule has 1 aliphatic carbocycles. The molecule has 0 aromatic rings. The van der Waals surface area contributed by atoms with Crippen LogP contribution in [0.1, 0.15) is 40.0 Å². The number of amides is 2. The monoisotopic (exact) mass is 242 g/mol. The van der Waals surface area contributed by atoms with E-state index in [2.05, 4.69) is 24.5 Å². The van der Waals surface area contributed by atoms with Gasteiger partial charge in [-0.3, -0.25) is 4.79 Å². The first-order valence-electron chi connectivity index (χ1n) is 6.18. The van der Waals surface area contributed by atoms with Gasteiger partial charge in [0.15, 0.2) is 0 Å². The van der Waals surface area contributed by atoms with E-state index < -0.39 is 12.0 Å². The zero-order valence-corrected chi connectivity index (χ0v) is 10.7. The molecule has 0 aliphatic heterocycles. The van der Waals surface area contributed by atoms with Gasteiger partial charge in [-0.15, -0.1) is 0 Å². The Labute approximate surface area is 102 Å². The highest BCUT2D eigenvalue weighted by Gasteiger charge is 2.25. The minimum absolute atomic E-state index is 0.162. The lowest BCUT2D eigenvalue weighted by Gasteiger charge is -2.32. The molecule has 1 rings (SSSR count). The molecule has 3 atom stereocenters. The normalized spacial score (nSPS) is 30.4. The van der Waals surface area contributed by atoms with Crippen molar-refractivity contribution < 1.29 is 14.7 Å². The minimum Gasteiger partial charge on any atom is -0.480 e. The van der Waals surface area contributed by atoms with Crippen molar-refractivity contribution in [3.8, 4) is 0 Å². The van der Waals surface area contributed by atoms with Crippen LogP contribution in [0.15, 0.2) is 0 Å². The number of urea groups is 1. The fourth-order valence-corrected chi connectivity index (χ4v) is 2.55. The number of carbonyl (C=O) groups is 2. The summed E-state index contributed by atoms with van der Waals surface area (Å²) in [5, 5.41) is 13.9. The maximum absolute atomic E-state index is 11.6. The second-order valence-corrected chi connectivity index (χ2v) is 5.29. The molecule has 5 nitrogen and oxygen atoms in total. The summed E-state index contributed by atoms with van der Waals surface area (Å²) in [4.78, 5) is 22.1. The van der Waals surface area contributed by atoms with Crippen molar-refractivity contribution in [2.45, 2.75) is 52.1 Å². The summed E-state index contributed by atoms with van der Waals surface area (Å²) < 4.78 is 0. The zero-order valence-electron chi connectivity index (χ0n) is 10.7. The van der Waals surface area contributed by atoms with Gasteiger partial charge >= 0.3 is 12.0 Å². The molecule has 17 heavy (non-hydrogen) atoms. The number of rotatable bonds is 3. The number of hydrogen-bond acceptors (Lipinski definition) is 2. The van der Waals surface area contributed by atoms with Crippen LogP contribution in [-0.2, 0) is 4.79 Å². The van der Waals surface area contributed by atoms with E-state index in [0.717, 1.165) is 12.8 Å². The molecule has 0 aromatic carbocycles. The summed E-state index contributed by atoms with van der Waals surface area (Å²) in [7, 11) is 0. The molecule has 0 aromatic heterocycles. The fraction of sp³-hybridized carbons (Fsp3) is 0.833. The van der Waals surface area contributed by atoms with Crippen LogP contribution in [0.3, 0.4) is 0 Å². The van der Waals surface area contributed by atoms with Gasteiger partial charge in [0, 0.05) is 6.04 Å². The van der Waals surface area contributed by atoms with Gasteiger partial charge in [-0.1, -0.05) is 13.8 Å². The lowest BCUT2D eigenvalue weighted by Crippen LogP contribution is -2.49. The summed E-state index contributed by atoms with van der Waals surface area (Å²) >= 11 is 0. The van der Waals surface area contributed by atoms with E-state index in [4.69, 9.17) is 5.11 Å². The van der Waals surface area contributed by atoms with E-state index in [9.17, 15) is 9.59 Å². The molecule has 0 heterocycles.